The first-order valence-electron chi connectivity index (χ1n) is 5.21. The third kappa shape index (κ3) is 8.17. The van der Waals surface area contributed by atoms with E-state index in [-0.39, 0.29) is 25.1 Å². The number of carbonyl (C=O) groups excluding carboxylic acids is 1. The lowest BCUT2D eigenvalue weighted by molar-refractivity contribution is -0.120. The molecule has 1 amide bonds. The zero-order valence-corrected chi connectivity index (χ0v) is 9.53. The van der Waals surface area contributed by atoms with Crippen molar-refractivity contribution in [2.24, 2.45) is 0 Å². The van der Waals surface area contributed by atoms with Crippen LogP contribution in [0, 0.1) is 11.3 Å². The number of methoxy groups -OCH3 is 1. The van der Waals surface area contributed by atoms with E-state index in [1.54, 1.807) is 7.11 Å². The van der Waals surface area contributed by atoms with Gasteiger partial charge in [0.15, 0.2) is 0 Å². The van der Waals surface area contributed by atoms with Gasteiger partial charge < -0.3 is 20.5 Å². The highest BCUT2D eigenvalue weighted by Crippen LogP contribution is 1.90. The van der Waals surface area contributed by atoms with Gasteiger partial charge in [-0.15, -0.1) is 0 Å². The van der Waals surface area contributed by atoms with E-state index in [0.29, 0.717) is 26.0 Å². The van der Waals surface area contributed by atoms with Gasteiger partial charge >= 0.3 is 0 Å². The molecule has 0 aliphatic heterocycles. The molecular formula is C10H19N3O3. The molecule has 92 valence electrons. The molecule has 0 aliphatic rings. The lowest BCUT2D eigenvalue weighted by Crippen LogP contribution is -2.41. The smallest absolute Gasteiger partial charge is 0.234 e. The molecule has 0 saturated heterocycles. The maximum absolute atomic E-state index is 11.2. The third-order valence-electron chi connectivity index (χ3n) is 1.96. The average Bonchev–Trinajstić information content (AvgIpc) is 2.27. The summed E-state index contributed by atoms with van der Waals surface area (Å²) in [6.45, 7) is 1.04. The van der Waals surface area contributed by atoms with E-state index in [4.69, 9.17) is 15.1 Å². The van der Waals surface area contributed by atoms with Gasteiger partial charge in [0, 0.05) is 26.3 Å². The molecule has 0 aromatic rings. The first-order valence-corrected chi connectivity index (χ1v) is 5.21. The molecule has 16 heavy (non-hydrogen) atoms. The number of hydrogen-bond donors (Lipinski definition) is 3. The summed E-state index contributed by atoms with van der Waals surface area (Å²) in [5.41, 5.74) is 0. The minimum Gasteiger partial charge on any atom is -0.396 e. The highest BCUT2D eigenvalue weighted by Gasteiger charge is 2.09. The Labute approximate surface area is 95.6 Å². The van der Waals surface area contributed by atoms with Crippen molar-refractivity contribution in [3.05, 3.63) is 0 Å². The Bertz CT molecular complexity index is 222. The van der Waals surface area contributed by atoms with Crippen molar-refractivity contribution in [3.63, 3.8) is 0 Å². The number of carbonyl (C=O) groups is 1. The number of rotatable bonds is 9. The predicted octanol–water partition coefficient (Wildman–Crippen LogP) is -0.997. The van der Waals surface area contributed by atoms with Crippen LogP contribution in [0.5, 0.6) is 0 Å². The van der Waals surface area contributed by atoms with Crippen LogP contribution in [-0.4, -0.2) is 50.5 Å². The fourth-order valence-corrected chi connectivity index (χ4v) is 1.16. The number of aliphatic hydroxyl groups excluding tert-OH is 1. The van der Waals surface area contributed by atoms with Gasteiger partial charge in [0.05, 0.1) is 25.6 Å². The molecule has 0 aromatic carbocycles. The Morgan fingerprint density at radius 1 is 1.62 bits per heavy atom. The minimum absolute atomic E-state index is 0.0308. The Hall–Kier alpha value is -1.16. The predicted molar refractivity (Wildman–Crippen MR) is 58.6 cm³/mol. The van der Waals surface area contributed by atoms with Gasteiger partial charge in [0.2, 0.25) is 5.91 Å². The summed E-state index contributed by atoms with van der Waals surface area (Å²) in [5.74, 6) is -0.158. The Morgan fingerprint density at radius 3 is 2.94 bits per heavy atom. The summed E-state index contributed by atoms with van der Waals surface area (Å²) in [6, 6.07) is 1.91. The molecule has 0 bridgehead atoms. The van der Waals surface area contributed by atoms with Crippen molar-refractivity contribution in [1.29, 1.82) is 5.26 Å². The van der Waals surface area contributed by atoms with Gasteiger partial charge in [0.25, 0.3) is 0 Å². The van der Waals surface area contributed by atoms with E-state index in [0.717, 1.165) is 0 Å². The minimum atomic E-state index is -0.158. The fraction of sp³-hybridized carbons (Fsp3) is 0.800. The van der Waals surface area contributed by atoms with E-state index in [1.807, 2.05) is 6.07 Å². The maximum atomic E-state index is 11.2. The van der Waals surface area contributed by atoms with Gasteiger partial charge in [-0.3, -0.25) is 4.79 Å². The molecule has 0 radical (unpaired) electrons. The van der Waals surface area contributed by atoms with Gasteiger partial charge in [-0.2, -0.15) is 5.26 Å². The van der Waals surface area contributed by atoms with Crippen LogP contribution in [0.15, 0.2) is 0 Å². The summed E-state index contributed by atoms with van der Waals surface area (Å²) in [6.07, 6.45) is 0.850. The molecule has 3 N–H and O–H groups in total. The molecule has 0 aromatic heterocycles. The van der Waals surface area contributed by atoms with Crippen molar-refractivity contribution in [2.75, 3.05) is 33.4 Å². The molecule has 0 fully saturated rings. The average molecular weight is 229 g/mol. The molecule has 0 rings (SSSR count). The molecule has 0 aliphatic carbocycles. The van der Waals surface area contributed by atoms with Crippen LogP contribution < -0.4 is 10.6 Å². The number of hydrogen-bond acceptors (Lipinski definition) is 5. The van der Waals surface area contributed by atoms with Gasteiger partial charge in [0.1, 0.15) is 0 Å². The van der Waals surface area contributed by atoms with E-state index >= 15 is 0 Å². The summed E-state index contributed by atoms with van der Waals surface area (Å²) in [5, 5.41) is 22.6. The Kier molecular flexibility index (Phi) is 9.61. The molecule has 0 spiro atoms. The molecule has 1 atom stereocenters. The number of nitriles is 1. The SMILES string of the molecule is COCC(CCO)NCC(=O)NCCC#N. The fourth-order valence-electron chi connectivity index (χ4n) is 1.16. The maximum Gasteiger partial charge on any atom is 0.234 e. The van der Waals surface area contributed by atoms with Gasteiger partial charge in [-0.05, 0) is 6.42 Å². The Morgan fingerprint density at radius 2 is 2.38 bits per heavy atom. The number of ether oxygens (including phenoxy) is 1. The van der Waals surface area contributed by atoms with E-state index in [9.17, 15) is 4.79 Å². The van der Waals surface area contributed by atoms with Crippen LogP contribution in [0.2, 0.25) is 0 Å². The first kappa shape index (κ1) is 14.8. The second-order valence-electron chi connectivity index (χ2n) is 3.30. The summed E-state index contributed by atoms with van der Waals surface area (Å²) >= 11 is 0. The van der Waals surface area contributed by atoms with Crippen LogP contribution in [0.25, 0.3) is 0 Å². The van der Waals surface area contributed by atoms with Gasteiger partial charge in [-0.25, -0.2) is 0 Å². The van der Waals surface area contributed by atoms with Crippen LogP contribution in [0.3, 0.4) is 0 Å². The van der Waals surface area contributed by atoms with Crippen LogP contribution in [-0.2, 0) is 9.53 Å². The van der Waals surface area contributed by atoms with E-state index < -0.39 is 0 Å². The van der Waals surface area contributed by atoms with Crippen LogP contribution >= 0.6 is 0 Å². The van der Waals surface area contributed by atoms with E-state index in [1.165, 1.54) is 0 Å². The van der Waals surface area contributed by atoms with Crippen LogP contribution in [0.4, 0.5) is 0 Å². The quantitative estimate of drug-likeness (QED) is 0.441. The topological polar surface area (TPSA) is 94.4 Å². The highest BCUT2D eigenvalue weighted by atomic mass is 16.5. The largest absolute Gasteiger partial charge is 0.396 e. The first-order chi connectivity index (χ1) is 7.74. The van der Waals surface area contributed by atoms with Crippen molar-refractivity contribution < 1.29 is 14.6 Å². The second kappa shape index (κ2) is 10.4. The number of nitrogens with one attached hydrogen (secondary N) is 2. The zero-order valence-electron chi connectivity index (χ0n) is 9.53. The lowest BCUT2D eigenvalue weighted by atomic mass is 10.2. The molecule has 6 nitrogen and oxygen atoms in total. The van der Waals surface area contributed by atoms with E-state index in [2.05, 4.69) is 10.6 Å². The molecule has 0 heterocycles. The van der Waals surface area contributed by atoms with Crippen molar-refractivity contribution in [1.82, 2.24) is 10.6 Å². The molecule has 0 saturated carbocycles. The third-order valence-corrected chi connectivity index (χ3v) is 1.96. The monoisotopic (exact) mass is 229 g/mol. The molecule has 6 heteroatoms. The highest BCUT2D eigenvalue weighted by molar-refractivity contribution is 5.77. The zero-order chi connectivity index (χ0) is 12.2. The summed E-state index contributed by atoms with van der Waals surface area (Å²) in [4.78, 5) is 11.2. The van der Waals surface area contributed by atoms with Crippen molar-refractivity contribution in [2.45, 2.75) is 18.9 Å². The number of amides is 1. The molecule has 1 unspecified atom stereocenters. The summed E-state index contributed by atoms with van der Waals surface area (Å²) in [7, 11) is 1.57. The second-order valence-corrected chi connectivity index (χ2v) is 3.30. The number of nitrogens with zero attached hydrogens (tertiary/aromatic N) is 1. The van der Waals surface area contributed by atoms with Crippen molar-refractivity contribution >= 4 is 5.91 Å². The van der Waals surface area contributed by atoms with Gasteiger partial charge in [-0.1, -0.05) is 0 Å². The standard InChI is InChI=1S/C10H19N3O3/c1-16-8-9(3-6-14)13-7-10(15)12-5-2-4-11/h9,13-14H,2-3,5-8H2,1H3,(H,12,15). The normalized spacial score (nSPS) is 11.8. The lowest BCUT2D eigenvalue weighted by Gasteiger charge is -2.16. The summed E-state index contributed by atoms with van der Waals surface area (Å²) < 4.78 is 4.94. The Balaban J connectivity index is 3.65. The van der Waals surface area contributed by atoms with Crippen molar-refractivity contribution in [3.8, 4) is 6.07 Å². The van der Waals surface area contributed by atoms with Crippen LogP contribution in [0.1, 0.15) is 12.8 Å². The number of aliphatic hydroxyl groups is 1. The molecular weight excluding hydrogens is 210 g/mol.